The van der Waals surface area contributed by atoms with E-state index in [4.69, 9.17) is 9.84 Å². The Bertz CT molecular complexity index is 388. The number of rotatable bonds is 3. The molecule has 1 N–H and O–H groups in total. The number of ether oxygens (including phenoxy) is 1. The summed E-state index contributed by atoms with van der Waals surface area (Å²) in [5.41, 5.74) is 0.775. The number of aliphatic hydroxyl groups is 1. The van der Waals surface area contributed by atoms with Crippen LogP contribution in [0.5, 0.6) is 5.75 Å². The number of aliphatic hydroxyl groups excluding tert-OH is 1. The molecule has 1 aliphatic carbocycles. The quantitative estimate of drug-likeness (QED) is 0.751. The van der Waals surface area contributed by atoms with Gasteiger partial charge in [-0.3, -0.25) is 4.98 Å². The van der Waals surface area contributed by atoms with Crippen molar-refractivity contribution in [2.75, 3.05) is 13.2 Å². The lowest BCUT2D eigenvalue weighted by atomic mass is 10.3. The Morgan fingerprint density at radius 3 is 3.07 bits per heavy atom. The summed E-state index contributed by atoms with van der Waals surface area (Å²) in [6, 6.07) is 1.85. The highest BCUT2D eigenvalue weighted by Crippen LogP contribution is 2.29. The summed E-state index contributed by atoms with van der Waals surface area (Å²) < 4.78 is 5.56. The molecule has 2 rings (SSSR count). The predicted octanol–water partition coefficient (Wildman–Crippen LogP) is 1.21. The van der Waals surface area contributed by atoms with E-state index in [0.29, 0.717) is 0 Å². The van der Waals surface area contributed by atoms with Gasteiger partial charge in [0.15, 0.2) is 0 Å². The molecule has 1 heterocycles. The van der Waals surface area contributed by atoms with E-state index >= 15 is 0 Å². The molecule has 1 fully saturated rings. The van der Waals surface area contributed by atoms with Crippen LogP contribution in [0.4, 0.5) is 0 Å². The summed E-state index contributed by atoms with van der Waals surface area (Å²) in [7, 11) is 0. The van der Waals surface area contributed by atoms with Gasteiger partial charge in [0.05, 0.1) is 12.8 Å². The molecule has 1 aromatic heterocycles. The summed E-state index contributed by atoms with van der Waals surface area (Å²) in [6.45, 7) is 0.645. The Labute approximate surface area is 89.1 Å². The summed E-state index contributed by atoms with van der Waals surface area (Å²) in [4.78, 5) is 4.03. The molecule has 0 aromatic carbocycles. The Balaban J connectivity index is 1.97. The molecular formula is C12H13NO2. The van der Waals surface area contributed by atoms with Crippen LogP contribution in [0.3, 0.4) is 0 Å². The molecule has 0 unspecified atom stereocenters. The van der Waals surface area contributed by atoms with Gasteiger partial charge in [0.1, 0.15) is 12.4 Å². The first-order valence-electron chi connectivity index (χ1n) is 5.06. The van der Waals surface area contributed by atoms with Gasteiger partial charge in [-0.15, -0.1) is 0 Å². The monoisotopic (exact) mass is 203 g/mol. The highest BCUT2D eigenvalue weighted by atomic mass is 16.5. The van der Waals surface area contributed by atoms with Gasteiger partial charge in [0.25, 0.3) is 0 Å². The van der Waals surface area contributed by atoms with Crippen LogP contribution in [0.1, 0.15) is 18.4 Å². The zero-order valence-corrected chi connectivity index (χ0v) is 8.44. The third kappa shape index (κ3) is 3.26. The smallest absolute Gasteiger partial charge is 0.138 e. The van der Waals surface area contributed by atoms with Crippen LogP contribution < -0.4 is 4.74 Å². The van der Waals surface area contributed by atoms with Crippen LogP contribution in [0.25, 0.3) is 0 Å². The number of pyridine rings is 1. The molecule has 78 valence electrons. The van der Waals surface area contributed by atoms with Crippen molar-refractivity contribution < 1.29 is 9.84 Å². The fraction of sp³-hybridized carbons (Fsp3) is 0.417. The Kier molecular flexibility index (Phi) is 3.21. The molecule has 1 saturated carbocycles. The second kappa shape index (κ2) is 4.81. The van der Waals surface area contributed by atoms with Gasteiger partial charge < -0.3 is 9.84 Å². The van der Waals surface area contributed by atoms with Gasteiger partial charge in [-0.25, -0.2) is 0 Å². The Morgan fingerprint density at radius 1 is 1.47 bits per heavy atom. The topological polar surface area (TPSA) is 42.4 Å². The molecule has 3 nitrogen and oxygen atoms in total. The minimum Gasteiger partial charge on any atom is -0.492 e. The first-order valence-corrected chi connectivity index (χ1v) is 5.06. The number of hydrogen-bond donors (Lipinski definition) is 1. The van der Waals surface area contributed by atoms with Crippen molar-refractivity contribution in [3.63, 3.8) is 0 Å². The first kappa shape index (κ1) is 10.0. The predicted molar refractivity (Wildman–Crippen MR) is 56.4 cm³/mol. The standard InChI is InChI=1S/C12H13NO2/c14-5-1-2-11-6-12(8-13-7-11)15-9-10-3-4-10/h6-8,10,14H,3-5,9H2. The van der Waals surface area contributed by atoms with Gasteiger partial charge in [0, 0.05) is 11.8 Å². The molecule has 0 radical (unpaired) electrons. The maximum absolute atomic E-state index is 8.56. The average Bonchev–Trinajstić information content (AvgIpc) is 3.08. The molecule has 3 heteroatoms. The van der Waals surface area contributed by atoms with Gasteiger partial charge in [-0.1, -0.05) is 11.8 Å². The van der Waals surface area contributed by atoms with E-state index < -0.39 is 0 Å². The summed E-state index contributed by atoms with van der Waals surface area (Å²) in [5.74, 6) is 6.86. The van der Waals surface area contributed by atoms with Gasteiger partial charge in [-0.05, 0) is 24.8 Å². The molecule has 0 saturated heterocycles. The molecule has 0 spiro atoms. The van der Waals surface area contributed by atoms with Crippen LogP contribution in [0.2, 0.25) is 0 Å². The zero-order chi connectivity index (χ0) is 10.5. The maximum atomic E-state index is 8.56. The van der Waals surface area contributed by atoms with E-state index in [-0.39, 0.29) is 6.61 Å². The normalized spacial score (nSPS) is 14.2. The molecular weight excluding hydrogens is 190 g/mol. The number of hydrogen-bond acceptors (Lipinski definition) is 3. The molecule has 0 aliphatic heterocycles. The number of aromatic nitrogens is 1. The second-order valence-electron chi connectivity index (χ2n) is 3.62. The van der Waals surface area contributed by atoms with Crippen molar-refractivity contribution in [2.45, 2.75) is 12.8 Å². The number of nitrogens with zero attached hydrogens (tertiary/aromatic N) is 1. The summed E-state index contributed by atoms with van der Waals surface area (Å²) in [6.07, 6.45) is 5.90. The van der Waals surface area contributed by atoms with Crippen molar-refractivity contribution in [3.05, 3.63) is 24.0 Å². The fourth-order valence-electron chi connectivity index (χ4n) is 1.21. The third-order valence-electron chi connectivity index (χ3n) is 2.21. The Hall–Kier alpha value is -1.53. The third-order valence-corrected chi connectivity index (χ3v) is 2.21. The largest absolute Gasteiger partial charge is 0.492 e. The molecule has 1 aromatic rings. The van der Waals surface area contributed by atoms with E-state index in [1.54, 1.807) is 12.4 Å². The van der Waals surface area contributed by atoms with Crippen LogP contribution in [-0.2, 0) is 0 Å². The van der Waals surface area contributed by atoms with Crippen molar-refractivity contribution in [1.82, 2.24) is 4.98 Å². The van der Waals surface area contributed by atoms with Crippen LogP contribution >= 0.6 is 0 Å². The van der Waals surface area contributed by atoms with E-state index in [1.165, 1.54) is 12.8 Å². The fourth-order valence-corrected chi connectivity index (χ4v) is 1.21. The van der Waals surface area contributed by atoms with Crippen LogP contribution in [-0.4, -0.2) is 23.3 Å². The van der Waals surface area contributed by atoms with Crippen molar-refractivity contribution in [3.8, 4) is 17.6 Å². The lowest BCUT2D eigenvalue weighted by molar-refractivity contribution is 0.298. The van der Waals surface area contributed by atoms with E-state index in [0.717, 1.165) is 23.8 Å². The van der Waals surface area contributed by atoms with Crippen LogP contribution in [0, 0.1) is 17.8 Å². The van der Waals surface area contributed by atoms with Gasteiger partial charge >= 0.3 is 0 Å². The second-order valence-corrected chi connectivity index (χ2v) is 3.62. The minimum atomic E-state index is -0.132. The van der Waals surface area contributed by atoms with Gasteiger partial charge in [0.2, 0.25) is 0 Å². The molecule has 1 aliphatic rings. The first-order chi connectivity index (χ1) is 7.38. The van der Waals surface area contributed by atoms with E-state index in [2.05, 4.69) is 16.8 Å². The minimum absolute atomic E-state index is 0.132. The molecule has 0 atom stereocenters. The molecule has 0 amide bonds. The maximum Gasteiger partial charge on any atom is 0.138 e. The van der Waals surface area contributed by atoms with Crippen molar-refractivity contribution in [2.24, 2.45) is 5.92 Å². The summed E-state index contributed by atoms with van der Waals surface area (Å²) >= 11 is 0. The summed E-state index contributed by atoms with van der Waals surface area (Å²) in [5, 5.41) is 8.56. The SMILES string of the molecule is OCC#Cc1cncc(OCC2CC2)c1. The lowest BCUT2D eigenvalue weighted by Crippen LogP contribution is -1.99. The Morgan fingerprint density at radius 2 is 2.33 bits per heavy atom. The zero-order valence-electron chi connectivity index (χ0n) is 8.44. The van der Waals surface area contributed by atoms with Crippen molar-refractivity contribution in [1.29, 1.82) is 0 Å². The molecule has 15 heavy (non-hydrogen) atoms. The lowest BCUT2D eigenvalue weighted by Gasteiger charge is -2.03. The van der Waals surface area contributed by atoms with Gasteiger partial charge in [-0.2, -0.15) is 0 Å². The van der Waals surface area contributed by atoms with Crippen LogP contribution in [0.15, 0.2) is 18.5 Å². The highest BCUT2D eigenvalue weighted by Gasteiger charge is 2.21. The molecule has 0 bridgehead atoms. The van der Waals surface area contributed by atoms with E-state index in [1.807, 2.05) is 6.07 Å². The highest BCUT2D eigenvalue weighted by molar-refractivity contribution is 5.36. The average molecular weight is 203 g/mol. The van der Waals surface area contributed by atoms with E-state index in [9.17, 15) is 0 Å². The van der Waals surface area contributed by atoms with Crippen molar-refractivity contribution >= 4 is 0 Å².